The fraction of sp³-hybridized carbons (Fsp3) is 0.556. The number of hydrogen-bond acceptors (Lipinski definition) is 2. The molecule has 12 heavy (non-hydrogen) atoms. The summed E-state index contributed by atoms with van der Waals surface area (Å²) in [4.78, 5) is 0. The van der Waals surface area contributed by atoms with E-state index in [4.69, 9.17) is 10.2 Å². The fourth-order valence-electron chi connectivity index (χ4n) is 0.943. The third-order valence-electron chi connectivity index (χ3n) is 1.51. The molecule has 0 fully saturated rings. The SMILES string of the molecule is CC(O)C1=CCCC=C1.CO.[Y]. The summed E-state index contributed by atoms with van der Waals surface area (Å²) in [6.07, 6.45) is 8.09. The number of hydrogen-bond donors (Lipinski definition) is 2. The molecule has 0 spiro atoms. The van der Waals surface area contributed by atoms with Gasteiger partial charge in [0.2, 0.25) is 0 Å². The normalized spacial score (nSPS) is 16.5. The average molecular weight is 245 g/mol. The van der Waals surface area contributed by atoms with E-state index in [2.05, 4.69) is 12.2 Å². The minimum Gasteiger partial charge on any atom is -0.400 e. The van der Waals surface area contributed by atoms with Crippen LogP contribution in [0.4, 0.5) is 0 Å². The molecule has 2 N–H and O–H groups in total. The summed E-state index contributed by atoms with van der Waals surface area (Å²) in [6.45, 7) is 1.79. The first-order valence-electron chi connectivity index (χ1n) is 3.80. The minimum absolute atomic E-state index is 0. The first kappa shape index (κ1) is 15.0. The summed E-state index contributed by atoms with van der Waals surface area (Å²) in [7, 11) is 1.00. The third kappa shape index (κ3) is 6.07. The minimum atomic E-state index is -0.290. The zero-order valence-electron chi connectivity index (χ0n) is 7.70. The second-order valence-electron chi connectivity index (χ2n) is 2.36. The van der Waals surface area contributed by atoms with Gasteiger partial charge in [0.05, 0.1) is 6.10 Å². The molecule has 1 atom stereocenters. The summed E-state index contributed by atoms with van der Waals surface area (Å²) in [5.41, 5.74) is 1.06. The Balaban J connectivity index is 0. The van der Waals surface area contributed by atoms with Crippen molar-refractivity contribution in [2.24, 2.45) is 0 Å². The first-order chi connectivity index (χ1) is 5.30. The molecule has 1 aliphatic carbocycles. The van der Waals surface area contributed by atoms with Crippen molar-refractivity contribution >= 4 is 0 Å². The summed E-state index contributed by atoms with van der Waals surface area (Å²) in [6, 6.07) is 0. The Morgan fingerprint density at radius 2 is 1.92 bits per heavy atom. The van der Waals surface area contributed by atoms with E-state index in [0.29, 0.717) is 0 Å². The molecule has 0 saturated carbocycles. The van der Waals surface area contributed by atoms with Crippen LogP contribution in [0.3, 0.4) is 0 Å². The largest absolute Gasteiger partial charge is 0.400 e. The summed E-state index contributed by atoms with van der Waals surface area (Å²) in [5, 5.41) is 16.1. The topological polar surface area (TPSA) is 40.5 Å². The number of rotatable bonds is 1. The molecule has 0 aromatic carbocycles. The second kappa shape index (κ2) is 9.59. The van der Waals surface area contributed by atoms with E-state index in [1.807, 2.05) is 6.08 Å². The van der Waals surface area contributed by atoms with Gasteiger partial charge in [0, 0.05) is 39.8 Å². The number of allylic oxidation sites excluding steroid dienone is 2. The van der Waals surface area contributed by atoms with E-state index in [0.717, 1.165) is 25.5 Å². The third-order valence-corrected chi connectivity index (χ3v) is 1.51. The zero-order valence-corrected chi connectivity index (χ0v) is 10.5. The van der Waals surface area contributed by atoms with Crippen LogP contribution in [0.15, 0.2) is 23.8 Å². The van der Waals surface area contributed by atoms with Crippen LogP contribution < -0.4 is 0 Å². The van der Waals surface area contributed by atoms with Crippen molar-refractivity contribution in [1.29, 1.82) is 0 Å². The van der Waals surface area contributed by atoms with Gasteiger partial charge in [-0.2, -0.15) is 0 Å². The Kier molecular flexibility index (Phi) is 12.0. The van der Waals surface area contributed by atoms with Crippen LogP contribution in [0.1, 0.15) is 19.8 Å². The predicted octanol–water partition coefficient (Wildman–Crippen LogP) is 1.25. The molecular weight excluding hydrogens is 229 g/mol. The van der Waals surface area contributed by atoms with Crippen LogP contribution in [0.2, 0.25) is 0 Å². The molecule has 0 aromatic rings. The van der Waals surface area contributed by atoms with Gasteiger partial charge < -0.3 is 10.2 Å². The van der Waals surface area contributed by atoms with Crippen LogP contribution in [-0.4, -0.2) is 23.4 Å². The van der Waals surface area contributed by atoms with Crippen molar-refractivity contribution < 1.29 is 42.9 Å². The molecule has 0 bridgehead atoms. The molecule has 1 rings (SSSR count). The van der Waals surface area contributed by atoms with Gasteiger partial charge in [-0.1, -0.05) is 18.2 Å². The second-order valence-corrected chi connectivity index (χ2v) is 2.36. The van der Waals surface area contributed by atoms with Crippen LogP contribution in [0, 0.1) is 0 Å². The van der Waals surface area contributed by atoms with Crippen molar-refractivity contribution in [1.82, 2.24) is 0 Å². The van der Waals surface area contributed by atoms with Crippen molar-refractivity contribution in [3.05, 3.63) is 23.8 Å². The van der Waals surface area contributed by atoms with Crippen molar-refractivity contribution in [3.63, 3.8) is 0 Å². The molecule has 0 amide bonds. The summed E-state index contributed by atoms with van der Waals surface area (Å²) < 4.78 is 0. The van der Waals surface area contributed by atoms with Crippen LogP contribution in [0.25, 0.3) is 0 Å². The van der Waals surface area contributed by atoms with E-state index in [1.165, 1.54) is 0 Å². The molecule has 3 heteroatoms. The van der Waals surface area contributed by atoms with E-state index in [1.54, 1.807) is 6.92 Å². The van der Waals surface area contributed by atoms with Crippen LogP contribution in [0.5, 0.6) is 0 Å². The smallest absolute Gasteiger partial charge is 0.0758 e. The van der Waals surface area contributed by atoms with Crippen LogP contribution >= 0.6 is 0 Å². The Morgan fingerprint density at radius 3 is 2.17 bits per heavy atom. The first-order valence-corrected chi connectivity index (χ1v) is 3.80. The van der Waals surface area contributed by atoms with E-state index in [-0.39, 0.29) is 38.8 Å². The van der Waals surface area contributed by atoms with Crippen molar-refractivity contribution in [2.45, 2.75) is 25.9 Å². The quantitative estimate of drug-likeness (QED) is 0.729. The molecule has 1 unspecified atom stereocenters. The van der Waals surface area contributed by atoms with Gasteiger partial charge in [-0.25, -0.2) is 0 Å². The standard InChI is InChI=1S/C8H12O.CH4O.Y/c1-7(9)8-5-3-2-4-6-8;1-2;/h3,5-7,9H,2,4H2,1H3;2H,1H3;. The Hall–Kier alpha value is 0.504. The zero-order chi connectivity index (χ0) is 8.69. The average Bonchev–Trinajstić information content (AvgIpc) is 2.10. The molecule has 0 aromatic heterocycles. The maximum absolute atomic E-state index is 9.06. The molecule has 2 nitrogen and oxygen atoms in total. The van der Waals surface area contributed by atoms with Crippen LogP contribution in [-0.2, 0) is 32.7 Å². The van der Waals surface area contributed by atoms with Crippen molar-refractivity contribution in [2.75, 3.05) is 7.11 Å². The maximum atomic E-state index is 9.06. The van der Waals surface area contributed by atoms with E-state index in [9.17, 15) is 0 Å². The van der Waals surface area contributed by atoms with E-state index < -0.39 is 0 Å². The van der Waals surface area contributed by atoms with Gasteiger partial charge in [0.25, 0.3) is 0 Å². The summed E-state index contributed by atoms with van der Waals surface area (Å²) >= 11 is 0. The predicted molar refractivity (Wildman–Crippen MR) is 46.3 cm³/mol. The Morgan fingerprint density at radius 1 is 1.33 bits per heavy atom. The maximum Gasteiger partial charge on any atom is 0.0758 e. The molecule has 67 valence electrons. The van der Waals surface area contributed by atoms with Gasteiger partial charge in [-0.05, 0) is 25.3 Å². The summed E-state index contributed by atoms with van der Waals surface area (Å²) in [5.74, 6) is 0. The monoisotopic (exact) mass is 245 g/mol. The number of aliphatic hydroxyl groups is 2. The molecule has 0 aliphatic heterocycles. The Labute approximate surface area is 99.3 Å². The van der Waals surface area contributed by atoms with E-state index >= 15 is 0 Å². The molecule has 1 aliphatic rings. The van der Waals surface area contributed by atoms with Gasteiger partial charge >= 0.3 is 0 Å². The molecule has 0 heterocycles. The van der Waals surface area contributed by atoms with Gasteiger partial charge in [-0.15, -0.1) is 0 Å². The van der Waals surface area contributed by atoms with Gasteiger partial charge in [0.15, 0.2) is 0 Å². The van der Waals surface area contributed by atoms with Gasteiger partial charge in [-0.3, -0.25) is 0 Å². The number of aliphatic hydroxyl groups excluding tert-OH is 2. The molecular formula is C9H16O2Y. The van der Waals surface area contributed by atoms with Crippen molar-refractivity contribution in [3.8, 4) is 0 Å². The van der Waals surface area contributed by atoms with Gasteiger partial charge in [0.1, 0.15) is 0 Å². The molecule has 0 saturated heterocycles. The fourth-order valence-corrected chi connectivity index (χ4v) is 0.943. The molecule has 1 radical (unpaired) electrons. The Bertz CT molecular complexity index is 151.